The molecule has 0 aromatic heterocycles. The third-order valence-electron chi connectivity index (χ3n) is 5.08. The summed E-state index contributed by atoms with van der Waals surface area (Å²) in [4.78, 5) is 27.4. The molecular formula is C25H26BrClN2O3. The number of halogens is 2. The number of carbonyl (C=O) groups is 2. The van der Waals surface area contributed by atoms with Gasteiger partial charge >= 0.3 is 0 Å². The summed E-state index contributed by atoms with van der Waals surface area (Å²) >= 11 is 9.89. The maximum Gasteiger partial charge on any atom is 0.261 e. The number of carbonyl (C=O) groups excluding carboxylic acids is 2. The van der Waals surface area contributed by atoms with Gasteiger partial charge in [0.25, 0.3) is 5.91 Å². The van der Waals surface area contributed by atoms with Crippen LogP contribution < -0.4 is 10.1 Å². The Labute approximate surface area is 201 Å². The van der Waals surface area contributed by atoms with E-state index < -0.39 is 6.04 Å². The van der Waals surface area contributed by atoms with Gasteiger partial charge in [-0.15, -0.1) is 0 Å². The molecule has 32 heavy (non-hydrogen) atoms. The third-order valence-corrected chi connectivity index (χ3v) is 6.26. The van der Waals surface area contributed by atoms with Crippen molar-refractivity contribution in [2.45, 2.75) is 39.4 Å². The van der Waals surface area contributed by atoms with E-state index in [9.17, 15) is 9.59 Å². The second-order valence-electron chi connectivity index (χ2n) is 7.84. The SMILES string of the molecule is CC(C)NC(=O)[C@H](C)N(Cc1ccccc1Cl)C(=O)COc1ccc2ccccc2c1Br. The molecule has 3 aromatic carbocycles. The van der Waals surface area contributed by atoms with Crippen LogP contribution in [-0.4, -0.2) is 35.4 Å². The van der Waals surface area contributed by atoms with Gasteiger partial charge in [0.1, 0.15) is 11.8 Å². The van der Waals surface area contributed by atoms with Gasteiger partial charge in [-0.05, 0) is 65.2 Å². The van der Waals surface area contributed by atoms with Gasteiger partial charge in [0.15, 0.2) is 6.61 Å². The van der Waals surface area contributed by atoms with Crippen LogP contribution in [0.1, 0.15) is 26.3 Å². The van der Waals surface area contributed by atoms with E-state index in [0.717, 1.165) is 20.8 Å². The lowest BCUT2D eigenvalue weighted by Gasteiger charge is -2.29. The number of hydrogen-bond acceptors (Lipinski definition) is 3. The quantitative estimate of drug-likeness (QED) is 0.425. The average Bonchev–Trinajstić information content (AvgIpc) is 2.77. The number of hydrogen-bond donors (Lipinski definition) is 1. The minimum atomic E-state index is -0.690. The molecule has 0 spiro atoms. The van der Waals surface area contributed by atoms with Gasteiger partial charge < -0.3 is 15.0 Å². The second-order valence-corrected chi connectivity index (χ2v) is 9.04. The number of ether oxygens (including phenoxy) is 1. The van der Waals surface area contributed by atoms with Crippen LogP contribution >= 0.6 is 27.5 Å². The first-order valence-corrected chi connectivity index (χ1v) is 11.6. The summed E-state index contributed by atoms with van der Waals surface area (Å²) in [7, 11) is 0. The van der Waals surface area contributed by atoms with Crippen molar-refractivity contribution in [3.05, 3.63) is 75.7 Å². The number of rotatable bonds is 8. The largest absolute Gasteiger partial charge is 0.483 e. The van der Waals surface area contributed by atoms with Crippen LogP contribution in [0.3, 0.4) is 0 Å². The number of benzene rings is 3. The fourth-order valence-electron chi connectivity index (χ4n) is 3.35. The van der Waals surface area contributed by atoms with Crippen LogP contribution in [0.4, 0.5) is 0 Å². The average molecular weight is 518 g/mol. The molecule has 5 nitrogen and oxygen atoms in total. The molecule has 0 aliphatic carbocycles. The number of fused-ring (bicyclic) bond motifs is 1. The summed E-state index contributed by atoms with van der Waals surface area (Å²) in [5.41, 5.74) is 0.763. The monoisotopic (exact) mass is 516 g/mol. The van der Waals surface area contributed by atoms with E-state index in [1.807, 2.05) is 68.4 Å². The van der Waals surface area contributed by atoms with Crippen molar-refractivity contribution < 1.29 is 14.3 Å². The zero-order valence-electron chi connectivity index (χ0n) is 18.3. The molecule has 0 saturated heterocycles. The van der Waals surface area contributed by atoms with Gasteiger partial charge in [0.05, 0.1) is 4.47 Å². The van der Waals surface area contributed by atoms with Crippen LogP contribution in [0.15, 0.2) is 65.1 Å². The second kappa shape index (κ2) is 10.8. The summed E-state index contributed by atoms with van der Waals surface area (Å²) in [5.74, 6) is 0.0257. The standard InChI is InChI=1S/C25H26BrClN2O3/c1-16(2)28-25(31)17(3)29(14-19-9-5-7-11-21(19)27)23(30)15-32-22-13-12-18-8-4-6-10-20(18)24(22)26/h4-13,16-17H,14-15H2,1-3H3,(H,28,31)/t17-/m0/s1. The van der Waals surface area contributed by atoms with E-state index in [2.05, 4.69) is 21.2 Å². The van der Waals surface area contributed by atoms with Crippen molar-refractivity contribution in [1.29, 1.82) is 0 Å². The van der Waals surface area contributed by atoms with Gasteiger partial charge in [0.2, 0.25) is 5.91 Å². The van der Waals surface area contributed by atoms with Gasteiger partial charge in [0, 0.05) is 17.6 Å². The minimum Gasteiger partial charge on any atom is -0.483 e. The van der Waals surface area contributed by atoms with Crippen molar-refractivity contribution in [2.75, 3.05) is 6.61 Å². The molecule has 0 heterocycles. The van der Waals surface area contributed by atoms with E-state index in [1.54, 1.807) is 13.0 Å². The Morgan fingerprint density at radius 1 is 1.03 bits per heavy atom. The van der Waals surface area contributed by atoms with Crippen LogP contribution in [-0.2, 0) is 16.1 Å². The Morgan fingerprint density at radius 2 is 1.72 bits per heavy atom. The van der Waals surface area contributed by atoms with Gasteiger partial charge in [-0.3, -0.25) is 9.59 Å². The Morgan fingerprint density at radius 3 is 2.44 bits per heavy atom. The predicted molar refractivity (Wildman–Crippen MR) is 132 cm³/mol. The normalized spacial score (nSPS) is 11.9. The van der Waals surface area contributed by atoms with Crippen molar-refractivity contribution in [3.8, 4) is 5.75 Å². The number of nitrogens with zero attached hydrogens (tertiary/aromatic N) is 1. The lowest BCUT2D eigenvalue weighted by atomic mass is 10.1. The topological polar surface area (TPSA) is 58.6 Å². The minimum absolute atomic E-state index is 0.0352. The van der Waals surface area contributed by atoms with Gasteiger partial charge in [-0.2, -0.15) is 0 Å². The molecule has 0 unspecified atom stereocenters. The zero-order chi connectivity index (χ0) is 23.3. The number of nitrogens with one attached hydrogen (secondary N) is 1. The van der Waals surface area contributed by atoms with Crippen molar-refractivity contribution >= 4 is 50.1 Å². The highest BCUT2D eigenvalue weighted by Crippen LogP contribution is 2.33. The molecule has 0 radical (unpaired) electrons. The van der Waals surface area contributed by atoms with Gasteiger partial charge in [-0.25, -0.2) is 0 Å². The summed E-state index contributed by atoms with van der Waals surface area (Å²) in [5, 5.41) is 5.47. The first-order chi connectivity index (χ1) is 15.3. The maximum atomic E-state index is 13.2. The molecule has 0 aliphatic rings. The molecule has 1 N–H and O–H groups in total. The highest BCUT2D eigenvalue weighted by atomic mass is 79.9. The Hall–Kier alpha value is -2.57. The highest BCUT2D eigenvalue weighted by molar-refractivity contribution is 9.10. The maximum absolute atomic E-state index is 13.2. The van der Waals surface area contributed by atoms with E-state index in [1.165, 1.54) is 4.90 Å². The fraction of sp³-hybridized carbons (Fsp3) is 0.280. The summed E-state index contributed by atoms with van der Waals surface area (Å²) < 4.78 is 6.65. The zero-order valence-corrected chi connectivity index (χ0v) is 20.6. The van der Waals surface area contributed by atoms with Crippen LogP contribution in [0.5, 0.6) is 5.75 Å². The molecule has 7 heteroatoms. The first-order valence-electron chi connectivity index (χ1n) is 10.4. The molecule has 2 amide bonds. The molecule has 0 saturated carbocycles. The lowest BCUT2D eigenvalue weighted by molar-refractivity contribution is -0.142. The molecule has 1 atom stereocenters. The first kappa shape index (κ1) is 24.1. The van der Waals surface area contributed by atoms with E-state index in [4.69, 9.17) is 16.3 Å². The predicted octanol–water partition coefficient (Wildman–Crippen LogP) is 5.58. The van der Waals surface area contributed by atoms with Crippen LogP contribution in [0, 0.1) is 0 Å². The van der Waals surface area contributed by atoms with Crippen molar-refractivity contribution in [3.63, 3.8) is 0 Å². The van der Waals surface area contributed by atoms with E-state index >= 15 is 0 Å². The summed E-state index contributed by atoms with van der Waals surface area (Å²) in [6.45, 7) is 5.46. The fourth-order valence-corrected chi connectivity index (χ4v) is 4.15. The van der Waals surface area contributed by atoms with Gasteiger partial charge in [-0.1, -0.05) is 60.1 Å². The highest BCUT2D eigenvalue weighted by Gasteiger charge is 2.27. The van der Waals surface area contributed by atoms with Crippen molar-refractivity contribution in [2.24, 2.45) is 0 Å². The number of amides is 2. The smallest absolute Gasteiger partial charge is 0.261 e. The van der Waals surface area contributed by atoms with Crippen LogP contribution in [0.25, 0.3) is 10.8 Å². The molecule has 0 bridgehead atoms. The van der Waals surface area contributed by atoms with E-state index in [-0.39, 0.29) is 31.0 Å². The van der Waals surface area contributed by atoms with Crippen LogP contribution in [0.2, 0.25) is 5.02 Å². The molecule has 0 fully saturated rings. The van der Waals surface area contributed by atoms with Crippen molar-refractivity contribution in [1.82, 2.24) is 10.2 Å². The molecule has 3 aromatic rings. The Kier molecular flexibility index (Phi) is 8.15. The molecular weight excluding hydrogens is 492 g/mol. The summed E-state index contributed by atoms with van der Waals surface area (Å²) in [6.07, 6.45) is 0. The third kappa shape index (κ3) is 5.81. The Bertz CT molecular complexity index is 1120. The summed E-state index contributed by atoms with van der Waals surface area (Å²) in [6, 6.07) is 18.2. The Balaban J connectivity index is 1.80. The lowest BCUT2D eigenvalue weighted by Crippen LogP contribution is -2.50. The van der Waals surface area contributed by atoms with E-state index in [0.29, 0.717) is 10.8 Å². The molecule has 0 aliphatic heterocycles. The molecule has 3 rings (SSSR count). The molecule has 168 valence electrons.